The maximum atomic E-state index is 12.3. The second-order valence-corrected chi connectivity index (χ2v) is 5.58. The standard InChI is InChI=1S/C16H16BrNO2/c1-10-7-15(17)11(2)6-14(10)16(20)18-13-5-3-4-12(8-13)9-19/h3-8,19H,9H2,1-2H3,(H,18,20). The second kappa shape index (κ2) is 6.20. The molecule has 0 aliphatic heterocycles. The Hall–Kier alpha value is -1.65. The summed E-state index contributed by atoms with van der Waals surface area (Å²) < 4.78 is 0.994. The summed E-state index contributed by atoms with van der Waals surface area (Å²) in [6.07, 6.45) is 0. The van der Waals surface area contributed by atoms with Crippen LogP contribution in [-0.4, -0.2) is 11.0 Å². The molecule has 0 aromatic heterocycles. The highest BCUT2D eigenvalue weighted by atomic mass is 79.9. The Labute approximate surface area is 126 Å². The van der Waals surface area contributed by atoms with Crippen molar-refractivity contribution in [1.82, 2.24) is 0 Å². The molecule has 0 fully saturated rings. The number of carbonyl (C=O) groups is 1. The topological polar surface area (TPSA) is 49.3 Å². The van der Waals surface area contributed by atoms with Crippen LogP contribution >= 0.6 is 15.9 Å². The van der Waals surface area contributed by atoms with Crippen molar-refractivity contribution in [2.75, 3.05) is 5.32 Å². The summed E-state index contributed by atoms with van der Waals surface area (Å²) in [5.74, 6) is -0.145. The molecular weight excluding hydrogens is 318 g/mol. The molecule has 0 unspecified atom stereocenters. The fraction of sp³-hybridized carbons (Fsp3) is 0.188. The van der Waals surface area contributed by atoms with Gasteiger partial charge in [-0.3, -0.25) is 4.79 Å². The summed E-state index contributed by atoms with van der Waals surface area (Å²) in [5.41, 5.74) is 4.04. The molecule has 1 amide bonds. The minimum Gasteiger partial charge on any atom is -0.392 e. The monoisotopic (exact) mass is 333 g/mol. The van der Waals surface area contributed by atoms with Crippen LogP contribution in [-0.2, 0) is 6.61 Å². The van der Waals surface area contributed by atoms with E-state index in [0.29, 0.717) is 11.3 Å². The van der Waals surface area contributed by atoms with Gasteiger partial charge in [0.05, 0.1) is 6.61 Å². The first kappa shape index (κ1) is 14.8. The first-order valence-electron chi connectivity index (χ1n) is 6.29. The van der Waals surface area contributed by atoms with Gasteiger partial charge in [0.25, 0.3) is 5.91 Å². The Balaban J connectivity index is 2.26. The van der Waals surface area contributed by atoms with E-state index in [1.54, 1.807) is 18.2 Å². The van der Waals surface area contributed by atoms with E-state index in [1.165, 1.54) is 0 Å². The van der Waals surface area contributed by atoms with Crippen LogP contribution < -0.4 is 5.32 Å². The minimum atomic E-state index is -0.145. The molecule has 0 bridgehead atoms. The molecule has 2 aromatic carbocycles. The number of nitrogens with one attached hydrogen (secondary N) is 1. The van der Waals surface area contributed by atoms with E-state index in [9.17, 15) is 4.79 Å². The normalized spacial score (nSPS) is 10.4. The Morgan fingerprint density at radius 3 is 2.65 bits per heavy atom. The average Bonchev–Trinajstić information content (AvgIpc) is 2.43. The lowest BCUT2D eigenvalue weighted by molar-refractivity contribution is 0.102. The largest absolute Gasteiger partial charge is 0.392 e. The van der Waals surface area contributed by atoms with E-state index in [2.05, 4.69) is 21.2 Å². The van der Waals surface area contributed by atoms with E-state index >= 15 is 0 Å². The Kier molecular flexibility index (Phi) is 4.57. The number of hydrogen-bond acceptors (Lipinski definition) is 2. The highest BCUT2D eigenvalue weighted by molar-refractivity contribution is 9.10. The number of carbonyl (C=O) groups excluding carboxylic acids is 1. The van der Waals surface area contributed by atoms with Crippen molar-refractivity contribution in [2.45, 2.75) is 20.5 Å². The van der Waals surface area contributed by atoms with Crippen LogP contribution in [0.1, 0.15) is 27.0 Å². The number of halogens is 1. The fourth-order valence-corrected chi connectivity index (χ4v) is 2.43. The number of anilines is 1. The molecule has 2 N–H and O–H groups in total. The molecule has 0 saturated heterocycles. The molecule has 0 heterocycles. The van der Waals surface area contributed by atoms with Crippen LogP contribution in [0.3, 0.4) is 0 Å². The van der Waals surface area contributed by atoms with Gasteiger partial charge in [-0.1, -0.05) is 28.1 Å². The van der Waals surface area contributed by atoms with Crippen LogP contribution in [0, 0.1) is 13.8 Å². The zero-order chi connectivity index (χ0) is 14.7. The zero-order valence-electron chi connectivity index (χ0n) is 11.4. The van der Waals surface area contributed by atoms with Gasteiger partial charge in [-0.15, -0.1) is 0 Å². The number of aliphatic hydroxyl groups is 1. The van der Waals surface area contributed by atoms with Gasteiger partial charge in [0.2, 0.25) is 0 Å². The van der Waals surface area contributed by atoms with Crippen LogP contribution in [0.15, 0.2) is 40.9 Å². The summed E-state index contributed by atoms with van der Waals surface area (Å²) in [5, 5.41) is 12.0. The molecule has 2 aromatic rings. The number of rotatable bonds is 3. The third-order valence-electron chi connectivity index (χ3n) is 3.12. The molecule has 2 rings (SSSR count). The van der Waals surface area contributed by atoms with Gasteiger partial charge >= 0.3 is 0 Å². The van der Waals surface area contributed by atoms with E-state index in [1.807, 2.05) is 32.0 Å². The van der Waals surface area contributed by atoms with Crippen molar-refractivity contribution < 1.29 is 9.90 Å². The van der Waals surface area contributed by atoms with Gasteiger partial charge in [0.15, 0.2) is 0 Å². The molecule has 3 nitrogen and oxygen atoms in total. The zero-order valence-corrected chi connectivity index (χ0v) is 13.0. The van der Waals surface area contributed by atoms with Gasteiger partial charge in [0, 0.05) is 15.7 Å². The van der Waals surface area contributed by atoms with Crippen LogP contribution in [0.2, 0.25) is 0 Å². The Morgan fingerprint density at radius 1 is 1.20 bits per heavy atom. The molecule has 0 aliphatic rings. The van der Waals surface area contributed by atoms with Crippen molar-refractivity contribution in [3.05, 3.63) is 63.1 Å². The minimum absolute atomic E-state index is 0.0415. The number of hydrogen-bond donors (Lipinski definition) is 2. The summed E-state index contributed by atoms with van der Waals surface area (Å²) in [4.78, 5) is 12.3. The number of amides is 1. The van der Waals surface area contributed by atoms with Crippen LogP contribution in [0.4, 0.5) is 5.69 Å². The van der Waals surface area contributed by atoms with E-state index < -0.39 is 0 Å². The SMILES string of the molecule is Cc1cc(C(=O)Nc2cccc(CO)c2)c(C)cc1Br. The van der Waals surface area contributed by atoms with Crippen molar-refractivity contribution in [3.63, 3.8) is 0 Å². The summed E-state index contributed by atoms with van der Waals surface area (Å²) in [6.45, 7) is 3.82. The molecule has 4 heteroatoms. The Bertz CT molecular complexity index is 653. The first-order valence-corrected chi connectivity index (χ1v) is 7.08. The van der Waals surface area contributed by atoms with E-state index in [4.69, 9.17) is 5.11 Å². The average molecular weight is 334 g/mol. The van der Waals surface area contributed by atoms with E-state index in [0.717, 1.165) is 21.2 Å². The lowest BCUT2D eigenvalue weighted by Crippen LogP contribution is -2.14. The van der Waals surface area contributed by atoms with Gasteiger partial charge in [0.1, 0.15) is 0 Å². The molecule has 104 valence electrons. The summed E-state index contributed by atoms with van der Waals surface area (Å²) in [6, 6.07) is 11.0. The van der Waals surface area contributed by atoms with Crippen molar-refractivity contribution in [2.24, 2.45) is 0 Å². The number of aryl methyl sites for hydroxylation is 2. The lowest BCUT2D eigenvalue weighted by Gasteiger charge is -2.10. The highest BCUT2D eigenvalue weighted by Gasteiger charge is 2.11. The van der Waals surface area contributed by atoms with Gasteiger partial charge in [-0.25, -0.2) is 0 Å². The Morgan fingerprint density at radius 2 is 1.95 bits per heavy atom. The van der Waals surface area contributed by atoms with Crippen LogP contribution in [0.5, 0.6) is 0 Å². The highest BCUT2D eigenvalue weighted by Crippen LogP contribution is 2.22. The fourth-order valence-electron chi connectivity index (χ4n) is 1.97. The number of benzene rings is 2. The molecule has 0 spiro atoms. The van der Waals surface area contributed by atoms with Gasteiger partial charge in [-0.2, -0.15) is 0 Å². The molecule has 0 aliphatic carbocycles. The maximum absolute atomic E-state index is 12.3. The third-order valence-corrected chi connectivity index (χ3v) is 3.97. The van der Waals surface area contributed by atoms with Crippen molar-refractivity contribution >= 4 is 27.5 Å². The van der Waals surface area contributed by atoms with E-state index in [-0.39, 0.29) is 12.5 Å². The maximum Gasteiger partial charge on any atom is 0.255 e. The summed E-state index contributed by atoms with van der Waals surface area (Å²) in [7, 11) is 0. The second-order valence-electron chi connectivity index (χ2n) is 4.73. The molecule has 20 heavy (non-hydrogen) atoms. The molecule has 0 radical (unpaired) electrons. The quantitative estimate of drug-likeness (QED) is 0.897. The summed E-state index contributed by atoms with van der Waals surface area (Å²) >= 11 is 3.46. The number of aliphatic hydroxyl groups excluding tert-OH is 1. The van der Waals surface area contributed by atoms with Gasteiger partial charge in [-0.05, 0) is 54.8 Å². The lowest BCUT2D eigenvalue weighted by atomic mass is 10.0. The predicted octanol–water partition coefficient (Wildman–Crippen LogP) is 3.81. The first-order chi connectivity index (χ1) is 9.51. The van der Waals surface area contributed by atoms with Crippen LogP contribution in [0.25, 0.3) is 0 Å². The van der Waals surface area contributed by atoms with Crippen molar-refractivity contribution in [3.8, 4) is 0 Å². The molecule has 0 atom stereocenters. The predicted molar refractivity (Wildman–Crippen MR) is 83.9 cm³/mol. The van der Waals surface area contributed by atoms with Crippen molar-refractivity contribution in [1.29, 1.82) is 0 Å². The molecular formula is C16H16BrNO2. The van der Waals surface area contributed by atoms with Gasteiger partial charge < -0.3 is 10.4 Å². The molecule has 0 saturated carbocycles. The third kappa shape index (κ3) is 3.26. The smallest absolute Gasteiger partial charge is 0.255 e.